The van der Waals surface area contributed by atoms with Crippen LogP contribution in [0.2, 0.25) is 0 Å². The number of hydrogen-bond donors (Lipinski definition) is 3. The maximum Gasteiger partial charge on any atom is 0.330 e. The monoisotopic (exact) mass is 290 g/mol. The first-order chi connectivity index (χ1) is 10.1. The topological polar surface area (TPSA) is 78.4 Å². The minimum absolute atomic E-state index is 0.145. The van der Waals surface area contributed by atoms with E-state index in [1.54, 1.807) is 24.3 Å². The minimum Gasteiger partial charge on any atom is -0.479 e. The van der Waals surface area contributed by atoms with Crippen molar-refractivity contribution in [2.24, 2.45) is 5.92 Å². The zero-order chi connectivity index (χ0) is 15.2. The fraction of sp³-hybridized carbons (Fsp3) is 0.500. The molecule has 1 fully saturated rings. The van der Waals surface area contributed by atoms with E-state index < -0.39 is 18.0 Å². The van der Waals surface area contributed by atoms with E-state index in [9.17, 15) is 14.7 Å². The van der Waals surface area contributed by atoms with Gasteiger partial charge in [0.2, 0.25) is 0 Å². The van der Waals surface area contributed by atoms with Crippen molar-refractivity contribution >= 4 is 12.0 Å². The Kier molecular flexibility index (Phi) is 5.20. The summed E-state index contributed by atoms with van der Waals surface area (Å²) in [5.74, 6) is -0.351. The fourth-order valence-electron chi connectivity index (χ4n) is 2.70. The number of carbonyl (C=O) groups is 2. The third kappa shape index (κ3) is 4.48. The van der Waals surface area contributed by atoms with Crippen LogP contribution in [0.3, 0.4) is 0 Å². The lowest BCUT2D eigenvalue weighted by molar-refractivity contribution is -0.139. The number of rotatable bonds is 4. The van der Waals surface area contributed by atoms with Gasteiger partial charge in [0.1, 0.15) is 0 Å². The molecular weight excluding hydrogens is 268 g/mol. The predicted octanol–water partition coefficient (Wildman–Crippen LogP) is 2.69. The van der Waals surface area contributed by atoms with Crippen LogP contribution in [-0.4, -0.2) is 23.1 Å². The first-order valence-corrected chi connectivity index (χ1v) is 7.41. The molecule has 0 radical (unpaired) electrons. The Hall–Kier alpha value is -2.04. The van der Waals surface area contributed by atoms with Crippen LogP contribution in [0.15, 0.2) is 30.3 Å². The molecule has 5 nitrogen and oxygen atoms in total. The molecule has 0 saturated heterocycles. The van der Waals surface area contributed by atoms with E-state index in [2.05, 4.69) is 17.6 Å². The van der Waals surface area contributed by atoms with Gasteiger partial charge in [-0.25, -0.2) is 9.59 Å². The highest BCUT2D eigenvalue weighted by Crippen LogP contribution is 2.23. The molecule has 0 aromatic heterocycles. The molecule has 2 rings (SSSR count). The molecule has 0 spiro atoms. The Morgan fingerprint density at radius 2 is 1.76 bits per heavy atom. The van der Waals surface area contributed by atoms with E-state index in [1.165, 1.54) is 0 Å². The lowest BCUT2D eigenvalue weighted by atomic mass is 9.87. The smallest absolute Gasteiger partial charge is 0.330 e. The highest BCUT2D eigenvalue weighted by Gasteiger charge is 2.24. The maximum atomic E-state index is 12.0. The van der Waals surface area contributed by atoms with E-state index in [0.29, 0.717) is 11.5 Å². The molecule has 5 heteroatoms. The zero-order valence-electron chi connectivity index (χ0n) is 12.2. The molecule has 21 heavy (non-hydrogen) atoms. The second-order valence-corrected chi connectivity index (χ2v) is 5.76. The van der Waals surface area contributed by atoms with Crippen molar-refractivity contribution in [3.8, 4) is 0 Å². The molecule has 0 bridgehead atoms. The van der Waals surface area contributed by atoms with Crippen LogP contribution in [0.25, 0.3) is 0 Å². The van der Waals surface area contributed by atoms with Gasteiger partial charge in [0.15, 0.2) is 6.04 Å². The van der Waals surface area contributed by atoms with E-state index >= 15 is 0 Å². The van der Waals surface area contributed by atoms with Gasteiger partial charge in [0, 0.05) is 6.04 Å². The number of amides is 2. The van der Waals surface area contributed by atoms with Gasteiger partial charge in [-0.15, -0.1) is 0 Å². The molecule has 1 aromatic rings. The number of aliphatic carboxylic acids is 1. The predicted molar refractivity (Wildman–Crippen MR) is 79.9 cm³/mol. The number of benzene rings is 1. The molecule has 1 aliphatic carbocycles. The molecule has 1 atom stereocenters. The summed E-state index contributed by atoms with van der Waals surface area (Å²) in [6.45, 7) is 2.21. The summed E-state index contributed by atoms with van der Waals surface area (Å²) in [4.78, 5) is 23.3. The Balaban J connectivity index is 1.91. The van der Waals surface area contributed by atoms with Crippen molar-refractivity contribution in [2.45, 2.75) is 44.7 Å². The molecule has 2 amide bonds. The summed E-state index contributed by atoms with van der Waals surface area (Å²) in [7, 11) is 0. The van der Waals surface area contributed by atoms with Gasteiger partial charge in [-0.1, -0.05) is 37.3 Å². The van der Waals surface area contributed by atoms with Gasteiger partial charge < -0.3 is 15.7 Å². The third-order valence-electron chi connectivity index (χ3n) is 4.01. The highest BCUT2D eigenvalue weighted by molar-refractivity contribution is 5.83. The van der Waals surface area contributed by atoms with Crippen LogP contribution >= 0.6 is 0 Å². The summed E-state index contributed by atoms with van der Waals surface area (Å²) < 4.78 is 0. The molecule has 3 N–H and O–H groups in total. The molecular formula is C16H22N2O3. The number of nitrogens with one attached hydrogen (secondary N) is 2. The largest absolute Gasteiger partial charge is 0.479 e. The van der Waals surface area contributed by atoms with Gasteiger partial charge in [-0.3, -0.25) is 0 Å². The average Bonchev–Trinajstić information content (AvgIpc) is 2.48. The Morgan fingerprint density at radius 1 is 1.14 bits per heavy atom. The van der Waals surface area contributed by atoms with Gasteiger partial charge in [-0.2, -0.15) is 0 Å². The number of urea groups is 1. The normalized spacial score (nSPS) is 23.1. The van der Waals surface area contributed by atoms with Gasteiger partial charge in [0.25, 0.3) is 0 Å². The first kappa shape index (κ1) is 15.4. The molecule has 0 unspecified atom stereocenters. The van der Waals surface area contributed by atoms with E-state index in [4.69, 9.17) is 0 Å². The lowest BCUT2D eigenvalue weighted by Gasteiger charge is -2.27. The van der Waals surface area contributed by atoms with Crippen molar-refractivity contribution < 1.29 is 14.7 Å². The molecule has 0 aliphatic heterocycles. The summed E-state index contributed by atoms with van der Waals surface area (Å²) in [5, 5.41) is 14.7. The van der Waals surface area contributed by atoms with E-state index in [-0.39, 0.29) is 6.04 Å². The SMILES string of the molecule is CC1CCC(NC(=O)N[C@H](C(=O)O)c2ccccc2)CC1. The van der Waals surface area contributed by atoms with Crippen LogP contribution in [0.1, 0.15) is 44.2 Å². The van der Waals surface area contributed by atoms with Crippen LogP contribution in [0.5, 0.6) is 0 Å². The van der Waals surface area contributed by atoms with E-state index in [0.717, 1.165) is 25.7 Å². The maximum absolute atomic E-state index is 12.0. The Morgan fingerprint density at radius 3 is 2.33 bits per heavy atom. The van der Waals surface area contributed by atoms with Crippen LogP contribution in [0, 0.1) is 5.92 Å². The molecule has 1 saturated carbocycles. The third-order valence-corrected chi connectivity index (χ3v) is 4.01. The summed E-state index contributed by atoms with van der Waals surface area (Å²) in [6.07, 6.45) is 4.12. The van der Waals surface area contributed by atoms with Crippen molar-refractivity contribution in [3.63, 3.8) is 0 Å². The highest BCUT2D eigenvalue weighted by atomic mass is 16.4. The molecule has 114 valence electrons. The van der Waals surface area contributed by atoms with Crippen molar-refractivity contribution in [1.82, 2.24) is 10.6 Å². The Labute approximate surface area is 124 Å². The fourth-order valence-corrected chi connectivity index (χ4v) is 2.70. The van der Waals surface area contributed by atoms with Crippen molar-refractivity contribution in [3.05, 3.63) is 35.9 Å². The second-order valence-electron chi connectivity index (χ2n) is 5.76. The second kappa shape index (κ2) is 7.11. The lowest BCUT2D eigenvalue weighted by Crippen LogP contribution is -2.46. The van der Waals surface area contributed by atoms with Gasteiger partial charge in [-0.05, 0) is 37.2 Å². The standard InChI is InChI=1S/C16H22N2O3/c1-11-7-9-13(10-8-11)17-16(21)18-14(15(19)20)12-5-3-2-4-6-12/h2-6,11,13-14H,7-10H2,1H3,(H,19,20)(H2,17,18,21)/t11?,13?,14-/m0/s1. The van der Waals surface area contributed by atoms with Crippen molar-refractivity contribution in [2.75, 3.05) is 0 Å². The Bertz CT molecular complexity index is 482. The number of hydrogen-bond acceptors (Lipinski definition) is 2. The van der Waals surface area contributed by atoms with Crippen LogP contribution in [-0.2, 0) is 4.79 Å². The summed E-state index contributed by atoms with van der Waals surface area (Å²) in [5.41, 5.74) is 0.567. The minimum atomic E-state index is -1.06. The average molecular weight is 290 g/mol. The van der Waals surface area contributed by atoms with Crippen LogP contribution in [0.4, 0.5) is 4.79 Å². The summed E-state index contributed by atoms with van der Waals surface area (Å²) >= 11 is 0. The quantitative estimate of drug-likeness (QED) is 0.797. The summed E-state index contributed by atoms with van der Waals surface area (Å²) in [6, 6.07) is 7.43. The van der Waals surface area contributed by atoms with Crippen molar-refractivity contribution in [1.29, 1.82) is 0 Å². The first-order valence-electron chi connectivity index (χ1n) is 7.41. The molecule has 0 heterocycles. The molecule has 1 aromatic carbocycles. The molecule has 1 aliphatic rings. The van der Waals surface area contributed by atoms with Crippen LogP contribution < -0.4 is 10.6 Å². The van der Waals surface area contributed by atoms with E-state index in [1.807, 2.05) is 6.07 Å². The number of carbonyl (C=O) groups excluding carboxylic acids is 1. The zero-order valence-corrected chi connectivity index (χ0v) is 12.2. The number of carboxylic acid groups (broad SMARTS) is 1. The van der Waals surface area contributed by atoms with Gasteiger partial charge >= 0.3 is 12.0 Å². The van der Waals surface area contributed by atoms with Gasteiger partial charge in [0.05, 0.1) is 0 Å². The number of carboxylic acids is 1.